The summed E-state index contributed by atoms with van der Waals surface area (Å²) in [7, 11) is 0. The van der Waals surface area contributed by atoms with E-state index in [0.717, 1.165) is 69.7 Å². The maximum atomic E-state index is 13.1. The van der Waals surface area contributed by atoms with E-state index in [1.807, 2.05) is 24.8 Å². The number of rotatable bonds is 5. The van der Waals surface area contributed by atoms with Crippen molar-refractivity contribution in [3.05, 3.63) is 17.5 Å². The van der Waals surface area contributed by atoms with Crippen LogP contribution in [0.15, 0.2) is 6.07 Å². The van der Waals surface area contributed by atoms with E-state index in [1.165, 1.54) is 0 Å². The van der Waals surface area contributed by atoms with Gasteiger partial charge in [0.1, 0.15) is 6.54 Å². The highest BCUT2D eigenvalue weighted by Gasteiger charge is 2.41. The molecule has 1 aromatic rings. The van der Waals surface area contributed by atoms with Gasteiger partial charge in [-0.1, -0.05) is 0 Å². The second-order valence-electron chi connectivity index (χ2n) is 8.58. The Morgan fingerprint density at radius 2 is 1.89 bits per heavy atom. The van der Waals surface area contributed by atoms with Crippen LogP contribution >= 0.6 is 0 Å². The van der Waals surface area contributed by atoms with Crippen molar-refractivity contribution < 1.29 is 14.3 Å². The van der Waals surface area contributed by atoms with E-state index in [0.29, 0.717) is 12.5 Å². The Labute approximate surface area is 167 Å². The molecule has 0 radical (unpaired) electrons. The highest BCUT2D eigenvalue weighted by Crippen LogP contribution is 2.35. The lowest BCUT2D eigenvalue weighted by Gasteiger charge is -2.44. The minimum absolute atomic E-state index is 0.0988. The highest BCUT2D eigenvalue weighted by atomic mass is 16.5. The van der Waals surface area contributed by atoms with Crippen molar-refractivity contribution in [2.45, 2.75) is 71.0 Å². The molecule has 3 heterocycles. The van der Waals surface area contributed by atoms with E-state index in [4.69, 9.17) is 4.74 Å². The van der Waals surface area contributed by atoms with E-state index in [1.54, 1.807) is 4.68 Å². The number of aryl methyl sites for hydroxylation is 2. The lowest BCUT2D eigenvalue weighted by atomic mass is 9.97. The van der Waals surface area contributed by atoms with Crippen molar-refractivity contribution >= 4 is 11.8 Å². The van der Waals surface area contributed by atoms with Gasteiger partial charge in [-0.3, -0.25) is 14.3 Å². The number of hydrogen-bond acceptors (Lipinski definition) is 4. The van der Waals surface area contributed by atoms with Gasteiger partial charge in [0, 0.05) is 50.0 Å². The molecule has 0 spiro atoms. The van der Waals surface area contributed by atoms with E-state index in [-0.39, 0.29) is 30.5 Å². The normalized spacial score (nSPS) is 23.6. The second kappa shape index (κ2) is 8.23. The number of ether oxygens (including phenoxy) is 1. The van der Waals surface area contributed by atoms with Crippen LogP contribution in [0.25, 0.3) is 0 Å². The summed E-state index contributed by atoms with van der Waals surface area (Å²) in [5.74, 6) is 0.620. The van der Waals surface area contributed by atoms with Crippen molar-refractivity contribution in [1.29, 1.82) is 0 Å². The summed E-state index contributed by atoms with van der Waals surface area (Å²) in [5.41, 5.74) is 1.94. The predicted octanol–water partition coefficient (Wildman–Crippen LogP) is 1.91. The molecule has 1 aromatic heterocycles. The zero-order valence-corrected chi connectivity index (χ0v) is 17.1. The topological polar surface area (TPSA) is 67.7 Å². The Morgan fingerprint density at radius 1 is 1.14 bits per heavy atom. The van der Waals surface area contributed by atoms with Gasteiger partial charge in [-0.05, 0) is 58.4 Å². The quantitative estimate of drug-likeness (QED) is 0.773. The van der Waals surface area contributed by atoms with Crippen molar-refractivity contribution in [3.8, 4) is 0 Å². The number of amides is 2. The van der Waals surface area contributed by atoms with Crippen LogP contribution in [0.1, 0.15) is 49.9 Å². The summed E-state index contributed by atoms with van der Waals surface area (Å²) >= 11 is 0. The molecule has 7 nitrogen and oxygen atoms in total. The van der Waals surface area contributed by atoms with Gasteiger partial charge in [-0.15, -0.1) is 0 Å². The smallest absolute Gasteiger partial charge is 0.244 e. The van der Waals surface area contributed by atoms with Gasteiger partial charge in [0.15, 0.2) is 0 Å². The zero-order valence-electron chi connectivity index (χ0n) is 17.1. The van der Waals surface area contributed by atoms with Gasteiger partial charge in [0.2, 0.25) is 11.8 Å². The summed E-state index contributed by atoms with van der Waals surface area (Å²) < 4.78 is 7.30. The van der Waals surface area contributed by atoms with E-state index in [9.17, 15) is 9.59 Å². The molecule has 0 aromatic carbocycles. The summed E-state index contributed by atoms with van der Waals surface area (Å²) in [5, 5.41) is 4.42. The van der Waals surface area contributed by atoms with Crippen LogP contribution in [0.3, 0.4) is 0 Å². The first-order valence-electron chi connectivity index (χ1n) is 10.7. The van der Waals surface area contributed by atoms with Gasteiger partial charge in [-0.25, -0.2) is 0 Å². The maximum Gasteiger partial charge on any atom is 0.244 e. The highest BCUT2D eigenvalue weighted by molar-refractivity contribution is 5.82. The van der Waals surface area contributed by atoms with Crippen LogP contribution < -0.4 is 0 Å². The molecule has 154 valence electrons. The molecule has 2 aliphatic heterocycles. The second-order valence-corrected chi connectivity index (χ2v) is 8.58. The molecular weight excluding hydrogens is 356 g/mol. The molecule has 7 heteroatoms. The van der Waals surface area contributed by atoms with Crippen LogP contribution in [0.5, 0.6) is 0 Å². The molecule has 1 atom stereocenters. The lowest BCUT2D eigenvalue weighted by molar-refractivity contribution is -0.145. The Balaban J connectivity index is 1.45. The van der Waals surface area contributed by atoms with Gasteiger partial charge >= 0.3 is 0 Å². The van der Waals surface area contributed by atoms with Crippen molar-refractivity contribution in [1.82, 2.24) is 19.6 Å². The Morgan fingerprint density at radius 3 is 2.54 bits per heavy atom. The number of carbonyl (C=O) groups is 2. The number of likely N-dealkylation sites (tertiary alicyclic amines) is 1. The predicted molar refractivity (Wildman–Crippen MR) is 105 cm³/mol. The van der Waals surface area contributed by atoms with E-state index in [2.05, 4.69) is 10.00 Å². The first-order chi connectivity index (χ1) is 13.5. The molecule has 3 fully saturated rings. The molecule has 0 bridgehead atoms. The van der Waals surface area contributed by atoms with E-state index >= 15 is 0 Å². The molecule has 4 rings (SSSR count). The maximum absolute atomic E-state index is 13.1. The largest absolute Gasteiger partial charge is 0.381 e. The number of nitrogens with zero attached hydrogens (tertiary/aromatic N) is 4. The van der Waals surface area contributed by atoms with Gasteiger partial charge in [0.25, 0.3) is 0 Å². The van der Waals surface area contributed by atoms with Crippen LogP contribution in [-0.4, -0.2) is 69.8 Å². The summed E-state index contributed by atoms with van der Waals surface area (Å²) in [6.07, 6.45) is 5.80. The first kappa shape index (κ1) is 19.4. The van der Waals surface area contributed by atoms with Gasteiger partial charge in [-0.2, -0.15) is 5.10 Å². The number of carbonyl (C=O) groups excluding carboxylic acids is 2. The Kier molecular flexibility index (Phi) is 5.71. The SMILES string of the molecule is Cc1cc(C)n(CC(=O)N2CCCC(N(C(=O)C3CC3)C3CCOCC3)C2)n1. The van der Waals surface area contributed by atoms with Crippen LogP contribution in [0, 0.1) is 19.8 Å². The standard InChI is InChI=1S/C21H32N4O3/c1-15-12-16(2)24(22-15)14-20(26)23-9-3-4-19(13-23)25(21(27)17-5-6-17)18-7-10-28-11-8-18/h12,17-19H,3-11,13-14H2,1-2H3. The minimum Gasteiger partial charge on any atom is -0.381 e. The van der Waals surface area contributed by atoms with Crippen LogP contribution in [-0.2, 0) is 20.9 Å². The lowest BCUT2D eigenvalue weighted by Crippen LogP contribution is -2.56. The van der Waals surface area contributed by atoms with Gasteiger partial charge in [0.05, 0.1) is 5.69 Å². The molecule has 1 aliphatic carbocycles. The molecule has 0 N–H and O–H groups in total. The fourth-order valence-corrected chi connectivity index (χ4v) is 4.63. The van der Waals surface area contributed by atoms with Crippen molar-refractivity contribution in [3.63, 3.8) is 0 Å². The van der Waals surface area contributed by atoms with Crippen LogP contribution in [0.2, 0.25) is 0 Å². The molecule has 2 saturated heterocycles. The summed E-state index contributed by atoms with van der Waals surface area (Å²) in [6.45, 7) is 7.08. The third-order valence-electron chi connectivity index (χ3n) is 6.30. The number of piperidine rings is 1. The minimum atomic E-state index is 0.0988. The Hall–Kier alpha value is -1.89. The van der Waals surface area contributed by atoms with Gasteiger partial charge < -0.3 is 14.5 Å². The number of aromatic nitrogens is 2. The van der Waals surface area contributed by atoms with E-state index < -0.39 is 0 Å². The number of hydrogen-bond donors (Lipinski definition) is 0. The molecular formula is C21H32N4O3. The molecule has 2 amide bonds. The monoisotopic (exact) mass is 388 g/mol. The summed E-state index contributed by atoms with van der Waals surface area (Å²) in [6, 6.07) is 2.39. The fraction of sp³-hybridized carbons (Fsp3) is 0.762. The van der Waals surface area contributed by atoms with Crippen molar-refractivity contribution in [2.24, 2.45) is 5.92 Å². The zero-order chi connectivity index (χ0) is 19.7. The molecule has 28 heavy (non-hydrogen) atoms. The van der Waals surface area contributed by atoms with Crippen LogP contribution in [0.4, 0.5) is 0 Å². The molecule has 3 aliphatic rings. The average Bonchev–Trinajstić information content (AvgIpc) is 3.49. The molecule has 1 unspecified atom stereocenters. The third kappa shape index (κ3) is 4.24. The first-order valence-corrected chi connectivity index (χ1v) is 10.7. The third-order valence-corrected chi connectivity index (χ3v) is 6.30. The molecule has 1 saturated carbocycles. The van der Waals surface area contributed by atoms with Crippen molar-refractivity contribution in [2.75, 3.05) is 26.3 Å². The summed E-state index contributed by atoms with van der Waals surface area (Å²) in [4.78, 5) is 30.1. The average molecular weight is 389 g/mol. The fourth-order valence-electron chi connectivity index (χ4n) is 4.63. The Bertz CT molecular complexity index is 721.